The molecular formula is C29H53NO8. The highest BCUT2D eigenvalue weighted by atomic mass is 16.6. The Morgan fingerprint density at radius 2 is 1.26 bits per heavy atom. The fourth-order valence-electron chi connectivity index (χ4n) is 4.73. The summed E-state index contributed by atoms with van der Waals surface area (Å²) < 4.78 is 15.8. The smallest absolute Gasteiger partial charge is 0.306 e. The van der Waals surface area contributed by atoms with Crippen molar-refractivity contribution in [1.29, 1.82) is 0 Å². The van der Waals surface area contributed by atoms with Crippen molar-refractivity contribution in [3.05, 3.63) is 0 Å². The van der Waals surface area contributed by atoms with Crippen LogP contribution >= 0.6 is 0 Å². The molecule has 0 bridgehead atoms. The van der Waals surface area contributed by atoms with E-state index in [1.165, 1.54) is 77.6 Å². The molecule has 9 nitrogen and oxygen atoms in total. The number of esters is 2. The second-order valence-corrected chi connectivity index (χ2v) is 10.5. The first-order valence-electron chi connectivity index (χ1n) is 14.9. The molecule has 1 amide bonds. The fraction of sp³-hybridized carbons (Fsp3) is 0.897. The van der Waals surface area contributed by atoms with E-state index < -0.39 is 48.5 Å². The number of carbonyl (C=O) groups is 3. The normalized spacial score (nSPS) is 23.1. The minimum atomic E-state index is -1.53. The maximum atomic E-state index is 12.5. The van der Waals surface area contributed by atoms with Crippen molar-refractivity contribution in [1.82, 2.24) is 5.32 Å². The van der Waals surface area contributed by atoms with E-state index in [2.05, 4.69) is 12.2 Å². The summed E-state index contributed by atoms with van der Waals surface area (Å²) in [6.45, 7) is 4.83. The molecule has 5 atom stereocenters. The lowest BCUT2D eigenvalue weighted by atomic mass is 9.96. The SMILES string of the molecule is CCCCCCCCCCCCCCCCCC(=O)OC1C(O)C(COC(=O)CC)OC(O)C1NC(C)=O. The fourth-order valence-corrected chi connectivity index (χ4v) is 4.73. The van der Waals surface area contributed by atoms with Crippen LogP contribution in [-0.2, 0) is 28.6 Å². The van der Waals surface area contributed by atoms with Crippen LogP contribution in [0.4, 0.5) is 0 Å². The predicted octanol–water partition coefficient (Wildman–Crippen LogP) is 4.70. The number of nitrogens with one attached hydrogen (secondary N) is 1. The Bertz CT molecular complexity index is 658. The highest BCUT2D eigenvalue weighted by Crippen LogP contribution is 2.24. The van der Waals surface area contributed by atoms with Gasteiger partial charge in [-0.05, 0) is 6.42 Å². The van der Waals surface area contributed by atoms with Crippen LogP contribution in [0.3, 0.4) is 0 Å². The van der Waals surface area contributed by atoms with E-state index in [4.69, 9.17) is 14.2 Å². The van der Waals surface area contributed by atoms with E-state index in [9.17, 15) is 24.6 Å². The third kappa shape index (κ3) is 15.0. The first kappa shape index (κ1) is 34.3. The van der Waals surface area contributed by atoms with Crippen LogP contribution in [0.5, 0.6) is 0 Å². The minimum absolute atomic E-state index is 0.150. The zero-order valence-electron chi connectivity index (χ0n) is 24.0. The van der Waals surface area contributed by atoms with E-state index in [-0.39, 0.29) is 19.4 Å². The molecule has 1 fully saturated rings. The van der Waals surface area contributed by atoms with Gasteiger partial charge in [-0.3, -0.25) is 14.4 Å². The Balaban J connectivity index is 2.26. The number of aliphatic hydroxyl groups excluding tert-OH is 2. The van der Waals surface area contributed by atoms with Crippen LogP contribution in [0.1, 0.15) is 130 Å². The van der Waals surface area contributed by atoms with Gasteiger partial charge in [0.25, 0.3) is 0 Å². The summed E-state index contributed by atoms with van der Waals surface area (Å²) in [5.41, 5.74) is 0. The second kappa shape index (κ2) is 21.2. The number of aliphatic hydroxyl groups is 2. The third-order valence-electron chi connectivity index (χ3n) is 7.01. The molecule has 1 aliphatic rings. The number of hydrogen-bond donors (Lipinski definition) is 3. The lowest BCUT2D eigenvalue weighted by Gasteiger charge is -2.42. The Morgan fingerprint density at radius 3 is 1.74 bits per heavy atom. The van der Waals surface area contributed by atoms with Crippen molar-refractivity contribution >= 4 is 17.8 Å². The van der Waals surface area contributed by atoms with E-state index in [0.717, 1.165) is 19.3 Å². The van der Waals surface area contributed by atoms with Gasteiger partial charge in [0.2, 0.25) is 5.91 Å². The largest absolute Gasteiger partial charge is 0.463 e. The molecule has 0 aromatic heterocycles. The van der Waals surface area contributed by atoms with Crippen LogP contribution in [-0.4, -0.2) is 65.3 Å². The van der Waals surface area contributed by atoms with Crippen LogP contribution in [0, 0.1) is 0 Å². The zero-order chi connectivity index (χ0) is 28.2. The molecule has 9 heteroatoms. The molecule has 1 heterocycles. The molecule has 5 unspecified atom stereocenters. The molecule has 3 N–H and O–H groups in total. The summed E-state index contributed by atoms with van der Waals surface area (Å²) in [5.74, 6) is -1.47. The molecule has 222 valence electrons. The summed E-state index contributed by atoms with van der Waals surface area (Å²) >= 11 is 0. The van der Waals surface area contributed by atoms with Crippen molar-refractivity contribution in [2.75, 3.05) is 6.61 Å². The Labute approximate surface area is 229 Å². The van der Waals surface area contributed by atoms with Gasteiger partial charge < -0.3 is 29.7 Å². The predicted molar refractivity (Wildman–Crippen MR) is 145 cm³/mol. The standard InChI is InChI=1S/C29H53NO8/c1-4-6-7-8-9-10-11-12-13-14-15-16-17-18-19-20-25(33)38-28-26(30-22(3)31)29(35)37-23(27(28)34)21-36-24(32)5-2/h23,26-29,34-35H,4-21H2,1-3H3,(H,30,31). The number of ether oxygens (including phenoxy) is 3. The average molecular weight is 544 g/mol. The molecular weight excluding hydrogens is 490 g/mol. The van der Waals surface area contributed by atoms with Crippen molar-refractivity contribution < 1.29 is 38.8 Å². The van der Waals surface area contributed by atoms with Gasteiger partial charge in [0.15, 0.2) is 12.4 Å². The van der Waals surface area contributed by atoms with Crippen LogP contribution in [0.15, 0.2) is 0 Å². The summed E-state index contributed by atoms with van der Waals surface area (Å²) in [4.78, 5) is 35.6. The van der Waals surface area contributed by atoms with E-state index in [0.29, 0.717) is 6.42 Å². The van der Waals surface area contributed by atoms with Gasteiger partial charge in [-0.25, -0.2) is 0 Å². The maximum absolute atomic E-state index is 12.5. The Kier molecular flexibility index (Phi) is 19.1. The number of rotatable bonds is 21. The molecule has 38 heavy (non-hydrogen) atoms. The topological polar surface area (TPSA) is 131 Å². The monoisotopic (exact) mass is 543 g/mol. The van der Waals surface area contributed by atoms with Crippen LogP contribution in [0.2, 0.25) is 0 Å². The molecule has 0 saturated carbocycles. The molecule has 1 rings (SSSR count). The van der Waals surface area contributed by atoms with Gasteiger partial charge in [0.05, 0.1) is 0 Å². The van der Waals surface area contributed by atoms with Crippen LogP contribution < -0.4 is 5.32 Å². The van der Waals surface area contributed by atoms with Crippen molar-refractivity contribution in [2.45, 2.75) is 161 Å². The van der Waals surface area contributed by atoms with E-state index in [1.807, 2.05) is 0 Å². The summed E-state index contributed by atoms with van der Waals surface area (Å²) in [5, 5.41) is 23.5. The number of hydrogen-bond acceptors (Lipinski definition) is 8. The van der Waals surface area contributed by atoms with Crippen molar-refractivity contribution in [2.24, 2.45) is 0 Å². The van der Waals surface area contributed by atoms with Gasteiger partial charge in [0, 0.05) is 19.8 Å². The highest BCUT2D eigenvalue weighted by Gasteiger charge is 2.47. The molecule has 1 aliphatic heterocycles. The number of carbonyl (C=O) groups excluding carboxylic acids is 3. The molecule has 1 saturated heterocycles. The Hall–Kier alpha value is -1.71. The summed E-state index contributed by atoms with van der Waals surface area (Å²) in [6, 6.07) is -1.13. The highest BCUT2D eigenvalue weighted by molar-refractivity contribution is 5.73. The van der Waals surface area contributed by atoms with Crippen molar-refractivity contribution in [3.8, 4) is 0 Å². The number of unbranched alkanes of at least 4 members (excludes halogenated alkanes) is 14. The molecule has 0 aliphatic carbocycles. The first-order chi connectivity index (χ1) is 18.3. The minimum Gasteiger partial charge on any atom is -0.463 e. The van der Waals surface area contributed by atoms with E-state index >= 15 is 0 Å². The van der Waals surface area contributed by atoms with Crippen LogP contribution in [0.25, 0.3) is 0 Å². The van der Waals surface area contributed by atoms with Gasteiger partial charge in [-0.2, -0.15) is 0 Å². The van der Waals surface area contributed by atoms with Gasteiger partial charge in [-0.1, -0.05) is 104 Å². The maximum Gasteiger partial charge on any atom is 0.306 e. The molecule has 0 aromatic rings. The third-order valence-corrected chi connectivity index (χ3v) is 7.01. The number of amides is 1. The lowest BCUT2D eigenvalue weighted by molar-refractivity contribution is -0.260. The molecule has 0 spiro atoms. The average Bonchev–Trinajstić information content (AvgIpc) is 2.89. The van der Waals surface area contributed by atoms with Crippen molar-refractivity contribution in [3.63, 3.8) is 0 Å². The quantitative estimate of drug-likeness (QED) is 0.140. The molecule has 0 radical (unpaired) electrons. The zero-order valence-corrected chi connectivity index (χ0v) is 24.0. The summed E-state index contributed by atoms with van der Waals surface area (Å²) in [7, 11) is 0. The van der Waals surface area contributed by atoms with E-state index in [1.54, 1.807) is 6.92 Å². The molecule has 0 aromatic carbocycles. The van der Waals surface area contributed by atoms with Gasteiger partial charge in [-0.15, -0.1) is 0 Å². The van der Waals surface area contributed by atoms with Gasteiger partial charge >= 0.3 is 11.9 Å². The van der Waals surface area contributed by atoms with Gasteiger partial charge in [0.1, 0.15) is 24.9 Å². The first-order valence-corrected chi connectivity index (χ1v) is 14.9. The lowest BCUT2D eigenvalue weighted by Crippen LogP contribution is -2.65. The second-order valence-electron chi connectivity index (χ2n) is 10.5. The Morgan fingerprint density at radius 1 is 0.763 bits per heavy atom. The summed E-state index contributed by atoms with van der Waals surface area (Å²) in [6.07, 6.45) is 13.5.